The quantitative estimate of drug-likeness (QED) is 0.222. The van der Waals surface area contributed by atoms with Crippen LogP contribution in [-0.4, -0.2) is 44.1 Å². The monoisotopic (exact) mass is 555 g/mol. The van der Waals surface area contributed by atoms with Crippen molar-refractivity contribution in [3.05, 3.63) is 65.1 Å². The fourth-order valence-corrected chi connectivity index (χ4v) is 5.46. The number of benzene rings is 3. The number of fused-ring (bicyclic) bond motifs is 7. The highest BCUT2D eigenvalue weighted by Crippen LogP contribution is 2.46. The summed E-state index contributed by atoms with van der Waals surface area (Å²) in [6.45, 7) is 3.83. The summed E-state index contributed by atoms with van der Waals surface area (Å²) in [7, 11) is 6.22. The molecule has 3 heterocycles. The number of aromatic hydroxyl groups is 1. The van der Waals surface area contributed by atoms with Gasteiger partial charge in [0.15, 0.2) is 34.5 Å². The van der Waals surface area contributed by atoms with Gasteiger partial charge < -0.3 is 37.6 Å². The Morgan fingerprint density at radius 1 is 0.756 bits per heavy atom. The molecule has 3 aromatic carbocycles. The van der Waals surface area contributed by atoms with Crippen LogP contribution in [0.1, 0.15) is 13.8 Å². The Morgan fingerprint density at radius 3 is 2.12 bits per heavy atom. The van der Waals surface area contributed by atoms with Gasteiger partial charge in [0.05, 0.1) is 40.1 Å². The molecule has 0 aliphatic carbocycles. The molecule has 41 heavy (non-hydrogen) atoms. The molecule has 3 aromatic heterocycles. The summed E-state index contributed by atoms with van der Waals surface area (Å²) < 4.78 is 35.9. The summed E-state index contributed by atoms with van der Waals surface area (Å²) in [5.74, 6) is 2.40. The van der Waals surface area contributed by atoms with Crippen LogP contribution in [0.15, 0.2) is 63.9 Å². The van der Waals surface area contributed by atoms with Crippen LogP contribution in [0.4, 0.5) is 0 Å². The topological polar surface area (TPSA) is 101 Å². The summed E-state index contributed by atoms with van der Waals surface area (Å²) in [5.41, 5.74) is 2.46. The fourth-order valence-electron chi connectivity index (χ4n) is 5.46. The number of nitrogens with zero attached hydrogens (tertiary/aromatic N) is 1. The van der Waals surface area contributed by atoms with Gasteiger partial charge in [0.25, 0.3) is 0 Å². The summed E-state index contributed by atoms with van der Waals surface area (Å²) in [5, 5.41) is 13.4. The zero-order valence-corrected chi connectivity index (χ0v) is 23.5. The average molecular weight is 556 g/mol. The highest BCUT2D eigenvalue weighted by molar-refractivity contribution is 6.22. The van der Waals surface area contributed by atoms with E-state index in [1.165, 1.54) is 7.11 Å². The number of phenolic OH excluding ortho intramolecular Hbond substituents is 1. The molecule has 0 spiro atoms. The number of rotatable bonds is 7. The number of hydrogen-bond donors (Lipinski definition) is 1. The first-order valence-electron chi connectivity index (χ1n) is 13.0. The normalized spacial score (nSPS) is 11.6. The lowest BCUT2D eigenvalue weighted by Gasteiger charge is -2.15. The van der Waals surface area contributed by atoms with Gasteiger partial charge in [0.1, 0.15) is 11.1 Å². The van der Waals surface area contributed by atoms with E-state index in [4.69, 9.17) is 28.1 Å². The Morgan fingerprint density at radius 2 is 1.44 bits per heavy atom. The van der Waals surface area contributed by atoms with Gasteiger partial charge in [-0.2, -0.15) is 0 Å². The lowest BCUT2D eigenvalue weighted by atomic mass is 9.98. The zero-order chi connectivity index (χ0) is 29.0. The first-order chi connectivity index (χ1) is 19.8. The molecule has 210 valence electrons. The second-order valence-corrected chi connectivity index (χ2v) is 9.87. The van der Waals surface area contributed by atoms with Gasteiger partial charge in [0, 0.05) is 34.0 Å². The zero-order valence-electron chi connectivity index (χ0n) is 23.5. The van der Waals surface area contributed by atoms with Gasteiger partial charge in [-0.3, -0.25) is 0 Å². The van der Waals surface area contributed by atoms with Gasteiger partial charge in [-0.25, -0.2) is 4.79 Å². The summed E-state index contributed by atoms with van der Waals surface area (Å²) in [6.07, 6.45) is 1.68. The molecule has 0 amide bonds. The number of pyridine rings is 1. The van der Waals surface area contributed by atoms with Crippen molar-refractivity contribution in [3.8, 4) is 45.6 Å². The van der Waals surface area contributed by atoms with Crippen molar-refractivity contribution < 1.29 is 33.2 Å². The van der Waals surface area contributed by atoms with Gasteiger partial charge in [-0.15, -0.1) is 0 Å². The van der Waals surface area contributed by atoms with Crippen molar-refractivity contribution >= 4 is 38.2 Å². The van der Waals surface area contributed by atoms with Crippen LogP contribution in [0, 0.1) is 0 Å². The number of methoxy groups -OCH3 is 4. The van der Waals surface area contributed by atoms with Crippen molar-refractivity contribution in [1.82, 2.24) is 4.40 Å². The van der Waals surface area contributed by atoms with E-state index in [-0.39, 0.29) is 11.9 Å². The van der Waals surface area contributed by atoms with Crippen molar-refractivity contribution in [2.75, 3.05) is 28.4 Å². The summed E-state index contributed by atoms with van der Waals surface area (Å²) >= 11 is 0. The number of ether oxygens (including phenoxy) is 5. The molecule has 0 aliphatic rings. The lowest BCUT2D eigenvalue weighted by molar-refractivity contribution is 0.230. The van der Waals surface area contributed by atoms with Crippen molar-refractivity contribution in [2.45, 2.75) is 20.0 Å². The Bertz CT molecular complexity index is 2040. The van der Waals surface area contributed by atoms with Crippen LogP contribution < -0.4 is 29.3 Å². The Balaban J connectivity index is 1.87. The van der Waals surface area contributed by atoms with E-state index >= 15 is 0 Å². The predicted molar refractivity (Wildman–Crippen MR) is 158 cm³/mol. The fraction of sp³-hybridized carbons (Fsp3) is 0.219. The molecule has 6 aromatic rings. The molecule has 0 aliphatic heterocycles. The maximum Gasteiger partial charge on any atom is 0.361 e. The predicted octanol–water partition coefficient (Wildman–Crippen LogP) is 6.55. The number of hydrogen-bond acceptors (Lipinski definition) is 8. The molecule has 0 saturated carbocycles. The molecular weight excluding hydrogens is 526 g/mol. The molecule has 1 N–H and O–H groups in total. The van der Waals surface area contributed by atoms with Crippen LogP contribution in [0.2, 0.25) is 0 Å². The van der Waals surface area contributed by atoms with Crippen molar-refractivity contribution in [3.63, 3.8) is 0 Å². The Labute approximate surface area is 235 Å². The Kier molecular flexibility index (Phi) is 6.29. The molecular formula is C32H29NO8. The van der Waals surface area contributed by atoms with Gasteiger partial charge in [0.2, 0.25) is 0 Å². The molecule has 0 bridgehead atoms. The minimum absolute atomic E-state index is 0.0144. The van der Waals surface area contributed by atoms with Gasteiger partial charge >= 0.3 is 5.63 Å². The third-order valence-corrected chi connectivity index (χ3v) is 7.18. The number of phenols is 1. The van der Waals surface area contributed by atoms with E-state index < -0.39 is 5.63 Å². The Hall–Kier alpha value is -5.05. The largest absolute Gasteiger partial charge is 0.504 e. The highest BCUT2D eigenvalue weighted by atomic mass is 16.5. The van der Waals surface area contributed by atoms with Crippen LogP contribution >= 0.6 is 0 Å². The van der Waals surface area contributed by atoms with Crippen molar-refractivity contribution in [1.29, 1.82) is 0 Å². The second-order valence-electron chi connectivity index (χ2n) is 9.87. The van der Waals surface area contributed by atoms with E-state index in [0.717, 1.165) is 27.4 Å². The first-order valence-corrected chi connectivity index (χ1v) is 13.0. The standard InChI is InChI=1S/C32H29NO8/c1-16(2)40-27-15-23-20(14-26(27)39-6)29-28(18-7-8-22(36-3)25(12-18)38-5)30-19-13-24(37-4)21(34)11-17(19)9-10-33(30)31(29)32(35)41-23/h7-16,34H,1-6H3. The summed E-state index contributed by atoms with van der Waals surface area (Å²) in [4.78, 5) is 13.7. The van der Waals surface area contributed by atoms with E-state index in [1.54, 1.807) is 45.7 Å². The van der Waals surface area contributed by atoms with E-state index in [9.17, 15) is 9.90 Å². The third-order valence-electron chi connectivity index (χ3n) is 7.18. The molecule has 9 heteroatoms. The van der Waals surface area contributed by atoms with Crippen LogP contribution in [0.5, 0.6) is 34.5 Å². The maximum absolute atomic E-state index is 13.7. The lowest BCUT2D eigenvalue weighted by Crippen LogP contribution is -2.07. The van der Waals surface area contributed by atoms with Crippen LogP contribution in [0.3, 0.4) is 0 Å². The van der Waals surface area contributed by atoms with E-state index in [0.29, 0.717) is 50.6 Å². The molecule has 6 rings (SSSR count). The molecule has 9 nitrogen and oxygen atoms in total. The third kappa shape index (κ3) is 4.04. The molecule has 0 unspecified atom stereocenters. The molecule has 0 fully saturated rings. The summed E-state index contributed by atoms with van der Waals surface area (Å²) in [6, 6.07) is 14.4. The van der Waals surface area contributed by atoms with E-state index in [1.807, 2.05) is 48.6 Å². The van der Waals surface area contributed by atoms with Crippen LogP contribution in [0.25, 0.3) is 49.3 Å². The second kappa shape index (κ2) is 9.85. The minimum atomic E-state index is -0.514. The minimum Gasteiger partial charge on any atom is -0.504 e. The number of aromatic nitrogens is 1. The van der Waals surface area contributed by atoms with Gasteiger partial charge in [-0.1, -0.05) is 6.07 Å². The highest BCUT2D eigenvalue weighted by Gasteiger charge is 2.25. The van der Waals surface area contributed by atoms with E-state index in [2.05, 4.69) is 0 Å². The molecule has 0 saturated heterocycles. The smallest absolute Gasteiger partial charge is 0.361 e. The van der Waals surface area contributed by atoms with Crippen LogP contribution in [-0.2, 0) is 0 Å². The first kappa shape index (κ1) is 26.2. The average Bonchev–Trinajstić information content (AvgIpc) is 3.32. The SMILES string of the molecule is COc1cc2c(ccn3c2c(-c2ccc(OC)c(OC)c2)c2c4cc(OC)c(OC(C)C)cc4oc(=O)c23)cc1O. The molecule has 0 radical (unpaired) electrons. The van der Waals surface area contributed by atoms with Gasteiger partial charge in [-0.05, 0) is 61.2 Å². The molecule has 0 atom stereocenters. The maximum atomic E-state index is 13.7. The van der Waals surface area contributed by atoms with Crippen molar-refractivity contribution in [2.24, 2.45) is 0 Å².